The largest absolute Gasteiger partial charge is 0.496 e. The van der Waals surface area contributed by atoms with Gasteiger partial charge in [0, 0.05) is 30.3 Å². The summed E-state index contributed by atoms with van der Waals surface area (Å²) in [6, 6.07) is 30.0. The molecule has 1 aliphatic rings. The van der Waals surface area contributed by atoms with Crippen molar-refractivity contribution in [3.8, 4) is 17.2 Å². The third-order valence-corrected chi connectivity index (χ3v) is 6.25. The molecule has 0 fully saturated rings. The Balaban J connectivity index is 1.43. The Bertz CT molecular complexity index is 1440. The van der Waals surface area contributed by atoms with E-state index in [0.717, 1.165) is 16.7 Å². The Morgan fingerprint density at radius 3 is 2.42 bits per heavy atom. The molecule has 0 aromatic heterocycles. The average molecular weight is 509 g/mol. The number of benzene rings is 4. The smallest absolute Gasteiger partial charge is 0.261 e. The van der Waals surface area contributed by atoms with E-state index < -0.39 is 6.23 Å². The molecule has 7 heteroatoms. The summed E-state index contributed by atoms with van der Waals surface area (Å²) >= 11 is 0. The SMILES string of the molecule is COc1ccc(C2Oc3ccccc3C(=O)N2Cc2ccccc2)cc1COc1ccc(NC(C)=O)cc1. The van der Waals surface area contributed by atoms with E-state index in [-0.39, 0.29) is 18.4 Å². The summed E-state index contributed by atoms with van der Waals surface area (Å²) in [5, 5.41) is 2.74. The van der Waals surface area contributed by atoms with Gasteiger partial charge >= 0.3 is 0 Å². The number of ether oxygens (including phenoxy) is 3. The minimum Gasteiger partial charge on any atom is -0.496 e. The molecule has 4 aromatic rings. The third kappa shape index (κ3) is 5.47. The van der Waals surface area contributed by atoms with Crippen molar-refractivity contribution in [3.05, 3.63) is 119 Å². The maximum absolute atomic E-state index is 13.6. The minimum atomic E-state index is -0.626. The number of nitrogens with zero attached hydrogens (tertiary/aromatic N) is 1. The van der Waals surface area contributed by atoms with Gasteiger partial charge in [-0.15, -0.1) is 0 Å². The Kier molecular flexibility index (Phi) is 7.26. The Labute approximate surface area is 221 Å². The van der Waals surface area contributed by atoms with Crippen LogP contribution in [0.5, 0.6) is 17.2 Å². The van der Waals surface area contributed by atoms with E-state index in [2.05, 4.69) is 5.32 Å². The Morgan fingerprint density at radius 2 is 1.68 bits per heavy atom. The van der Waals surface area contributed by atoms with E-state index in [1.54, 1.807) is 42.3 Å². The zero-order valence-corrected chi connectivity index (χ0v) is 21.2. The van der Waals surface area contributed by atoms with Crippen LogP contribution in [0.3, 0.4) is 0 Å². The van der Waals surface area contributed by atoms with E-state index >= 15 is 0 Å². The van der Waals surface area contributed by atoms with Crippen molar-refractivity contribution < 1.29 is 23.8 Å². The van der Waals surface area contributed by atoms with Crippen molar-refractivity contribution in [2.24, 2.45) is 0 Å². The van der Waals surface area contributed by atoms with Gasteiger partial charge in [-0.25, -0.2) is 0 Å². The topological polar surface area (TPSA) is 77.1 Å². The van der Waals surface area contributed by atoms with Gasteiger partial charge in [0.05, 0.1) is 12.7 Å². The number of rotatable bonds is 8. The first kappa shape index (κ1) is 24.9. The summed E-state index contributed by atoms with van der Waals surface area (Å²) in [4.78, 5) is 26.6. The number of hydrogen-bond acceptors (Lipinski definition) is 5. The van der Waals surface area contributed by atoms with Gasteiger partial charge in [0.25, 0.3) is 5.91 Å². The molecule has 7 nitrogen and oxygen atoms in total. The van der Waals surface area contributed by atoms with Crippen molar-refractivity contribution in [1.82, 2.24) is 4.90 Å². The standard InChI is InChI=1S/C31H28N2O5/c1-21(34)32-25-13-15-26(16-14-25)37-20-24-18-23(12-17-28(24)36-2)31-33(19-22-8-4-3-5-9-22)30(35)27-10-6-7-11-29(27)38-31/h3-18,31H,19-20H2,1-2H3,(H,32,34). The predicted octanol–water partition coefficient (Wildman–Crippen LogP) is 5.97. The number of fused-ring (bicyclic) bond motifs is 1. The average Bonchev–Trinajstić information content (AvgIpc) is 2.94. The maximum atomic E-state index is 13.6. The molecule has 0 radical (unpaired) electrons. The van der Waals surface area contributed by atoms with Crippen LogP contribution < -0.4 is 19.5 Å². The number of carbonyl (C=O) groups excluding carboxylic acids is 2. The zero-order valence-electron chi connectivity index (χ0n) is 21.2. The first-order chi connectivity index (χ1) is 18.5. The van der Waals surface area contributed by atoms with Gasteiger partial charge in [-0.05, 0) is 60.2 Å². The van der Waals surface area contributed by atoms with Gasteiger partial charge in [-0.3, -0.25) is 14.5 Å². The number of methoxy groups -OCH3 is 1. The molecule has 5 rings (SSSR count). The number of anilines is 1. The van der Waals surface area contributed by atoms with Crippen LogP contribution in [-0.4, -0.2) is 23.8 Å². The normalized spacial score (nSPS) is 14.3. The Hall–Kier alpha value is -4.78. The van der Waals surface area contributed by atoms with Crippen LogP contribution in [0.25, 0.3) is 0 Å². The van der Waals surface area contributed by atoms with Crippen molar-refractivity contribution in [2.45, 2.75) is 26.3 Å². The summed E-state index contributed by atoms with van der Waals surface area (Å²) in [6.45, 7) is 2.11. The molecule has 1 N–H and O–H groups in total. The lowest BCUT2D eigenvalue weighted by molar-refractivity contribution is -0.114. The maximum Gasteiger partial charge on any atom is 0.261 e. The summed E-state index contributed by atoms with van der Waals surface area (Å²) in [5.74, 6) is 1.65. The van der Waals surface area contributed by atoms with E-state index in [4.69, 9.17) is 14.2 Å². The number of nitrogens with one attached hydrogen (secondary N) is 1. The van der Waals surface area contributed by atoms with E-state index in [1.165, 1.54) is 6.92 Å². The molecule has 0 bridgehead atoms. The second-order valence-corrected chi connectivity index (χ2v) is 8.95. The highest BCUT2D eigenvalue weighted by Crippen LogP contribution is 2.37. The molecule has 0 aliphatic carbocycles. The van der Waals surface area contributed by atoms with Crippen molar-refractivity contribution in [3.63, 3.8) is 0 Å². The van der Waals surface area contributed by atoms with Crippen LogP contribution >= 0.6 is 0 Å². The molecule has 4 aromatic carbocycles. The molecule has 1 atom stereocenters. The lowest BCUT2D eigenvalue weighted by Crippen LogP contribution is -2.41. The van der Waals surface area contributed by atoms with Crippen LogP contribution in [0.1, 0.15) is 40.2 Å². The highest BCUT2D eigenvalue weighted by Gasteiger charge is 2.35. The fourth-order valence-corrected chi connectivity index (χ4v) is 4.44. The minimum absolute atomic E-state index is 0.0893. The lowest BCUT2D eigenvalue weighted by atomic mass is 10.0. The third-order valence-electron chi connectivity index (χ3n) is 6.25. The molecule has 38 heavy (non-hydrogen) atoms. The molecule has 0 saturated carbocycles. The molecule has 1 heterocycles. The van der Waals surface area contributed by atoms with E-state index in [0.29, 0.717) is 35.0 Å². The first-order valence-corrected chi connectivity index (χ1v) is 12.3. The molecule has 2 amide bonds. The van der Waals surface area contributed by atoms with Crippen LogP contribution in [0.15, 0.2) is 97.1 Å². The highest BCUT2D eigenvalue weighted by molar-refractivity contribution is 5.98. The van der Waals surface area contributed by atoms with Gasteiger partial charge in [-0.2, -0.15) is 0 Å². The second kappa shape index (κ2) is 11.1. The summed E-state index contributed by atoms with van der Waals surface area (Å²) in [6.07, 6.45) is -0.626. The fourth-order valence-electron chi connectivity index (χ4n) is 4.44. The molecule has 1 aliphatic heterocycles. The van der Waals surface area contributed by atoms with E-state index in [9.17, 15) is 9.59 Å². The summed E-state index contributed by atoms with van der Waals surface area (Å²) < 4.78 is 18.0. The lowest BCUT2D eigenvalue weighted by Gasteiger charge is -2.37. The number of para-hydroxylation sites is 1. The monoisotopic (exact) mass is 508 g/mol. The first-order valence-electron chi connectivity index (χ1n) is 12.3. The highest BCUT2D eigenvalue weighted by atomic mass is 16.5. The molecule has 0 saturated heterocycles. The quantitative estimate of drug-likeness (QED) is 0.318. The van der Waals surface area contributed by atoms with Gasteiger partial charge in [0.15, 0.2) is 0 Å². The van der Waals surface area contributed by atoms with Gasteiger partial charge < -0.3 is 19.5 Å². The number of hydrogen-bond donors (Lipinski definition) is 1. The predicted molar refractivity (Wildman–Crippen MR) is 144 cm³/mol. The van der Waals surface area contributed by atoms with Crippen LogP contribution in [-0.2, 0) is 17.9 Å². The van der Waals surface area contributed by atoms with Gasteiger partial charge in [0.2, 0.25) is 12.1 Å². The summed E-state index contributed by atoms with van der Waals surface area (Å²) in [7, 11) is 1.61. The fraction of sp³-hybridized carbons (Fsp3) is 0.161. The zero-order chi connectivity index (χ0) is 26.5. The van der Waals surface area contributed by atoms with Crippen molar-refractivity contribution >= 4 is 17.5 Å². The number of amides is 2. The van der Waals surface area contributed by atoms with E-state index in [1.807, 2.05) is 66.7 Å². The van der Waals surface area contributed by atoms with Gasteiger partial charge in [-0.1, -0.05) is 42.5 Å². The molecular weight excluding hydrogens is 480 g/mol. The van der Waals surface area contributed by atoms with Crippen LogP contribution in [0, 0.1) is 0 Å². The second-order valence-electron chi connectivity index (χ2n) is 8.95. The summed E-state index contributed by atoms with van der Waals surface area (Å²) in [5.41, 5.74) is 3.87. The molecule has 1 unspecified atom stereocenters. The molecular formula is C31H28N2O5. The molecule has 192 valence electrons. The van der Waals surface area contributed by atoms with Crippen molar-refractivity contribution in [2.75, 3.05) is 12.4 Å². The van der Waals surface area contributed by atoms with Crippen LogP contribution in [0.2, 0.25) is 0 Å². The number of carbonyl (C=O) groups is 2. The Morgan fingerprint density at radius 1 is 0.947 bits per heavy atom. The molecule has 0 spiro atoms. The van der Waals surface area contributed by atoms with Crippen molar-refractivity contribution in [1.29, 1.82) is 0 Å². The van der Waals surface area contributed by atoms with Crippen LogP contribution in [0.4, 0.5) is 5.69 Å². The van der Waals surface area contributed by atoms with Gasteiger partial charge in [0.1, 0.15) is 23.9 Å².